The summed E-state index contributed by atoms with van der Waals surface area (Å²) in [5.74, 6) is 1.99. The second-order valence-electron chi connectivity index (χ2n) is 8.60. The van der Waals surface area contributed by atoms with Gasteiger partial charge in [-0.25, -0.2) is 17.9 Å². The van der Waals surface area contributed by atoms with Crippen molar-refractivity contribution in [2.24, 2.45) is 28.9 Å². The van der Waals surface area contributed by atoms with Crippen LogP contribution in [0.5, 0.6) is 0 Å². The molecule has 4 aliphatic rings. The normalized spacial score (nSPS) is 29.9. The summed E-state index contributed by atoms with van der Waals surface area (Å²) in [7, 11) is -4.00. The Bertz CT molecular complexity index is 924. The molecule has 4 bridgehead atoms. The molecule has 0 spiro atoms. The predicted octanol–water partition coefficient (Wildman–Crippen LogP) is 2.07. The summed E-state index contributed by atoms with van der Waals surface area (Å²) in [6, 6.07) is 4.48. The first kappa shape index (κ1) is 20.1. The number of benzene rings is 1. The molecule has 10 heteroatoms. The van der Waals surface area contributed by atoms with Crippen LogP contribution in [0.25, 0.3) is 0 Å². The first-order chi connectivity index (χ1) is 13.6. The molecule has 4 aliphatic carbocycles. The van der Waals surface area contributed by atoms with E-state index in [0.29, 0.717) is 23.4 Å². The van der Waals surface area contributed by atoms with Gasteiger partial charge in [-0.3, -0.25) is 4.79 Å². The van der Waals surface area contributed by atoms with Gasteiger partial charge in [0.25, 0.3) is 10.0 Å². The van der Waals surface area contributed by atoms with Crippen LogP contribution in [-0.4, -0.2) is 25.5 Å². The molecule has 0 aliphatic heterocycles. The monoisotopic (exact) mass is 436 g/mol. The van der Waals surface area contributed by atoms with Gasteiger partial charge >= 0.3 is 6.03 Å². The molecule has 0 saturated heterocycles. The molecule has 1 aromatic rings. The van der Waals surface area contributed by atoms with Crippen LogP contribution in [0.3, 0.4) is 0 Å². The van der Waals surface area contributed by atoms with Crippen molar-refractivity contribution in [3.63, 3.8) is 0 Å². The summed E-state index contributed by atoms with van der Waals surface area (Å²) in [4.78, 5) is 23.7. The van der Waals surface area contributed by atoms with Gasteiger partial charge in [-0.15, -0.1) is 0 Å². The first-order valence-electron chi connectivity index (χ1n) is 9.70. The first-order valence-corrected chi connectivity index (χ1v) is 11.6. The van der Waals surface area contributed by atoms with E-state index in [4.69, 9.17) is 18.0 Å². The molecule has 4 fully saturated rings. The van der Waals surface area contributed by atoms with E-state index < -0.39 is 16.1 Å². The number of urea groups is 1. The Hall–Kier alpha value is -2.20. The summed E-state index contributed by atoms with van der Waals surface area (Å²) in [5, 5.41) is 5.95. The van der Waals surface area contributed by atoms with Crippen molar-refractivity contribution >= 4 is 45.0 Å². The molecule has 0 heterocycles. The van der Waals surface area contributed by atoms with Crippen LogP contribution in [0, 0.1) is 23.2 Å². The molecule has 0 unspecified atom stereocenters. The molecule has 4 saturated carbocycles. The van der Waals surface area contributed by atoms with Crippen molar-refractivity contribution in [1.82, 2.24) is 10.0 Å². The molecule has 0 atom stereocenters. The molecule has 5 rings (SSSR count). The number of thiocarbonyl (C=S) groups is 1. The molecule has 5 N–H and O–H groups in total. The average Bonchev–Trinajstić information content (AvgIpc) is 2.59. The number of rotatable bonds is 4. The molecule has 0 aromatic heterocycles. The summed E-state index contributed by atoms with van der Waals surface area (Å²) < 4.78 is 25.5. The van der Waals surface area contributed by atoms with Crippen LogP contribution >= 0.6 is 12.2 Å². The Kier molecular flexibility index (Phi) is 5.02. The van der Waals surface area contributed by atoms with Crippen molar-refractivity contribution in [2.45, 2.75) is 43.4 Å². The molecule has 1 aromatic carbocycles. The second-order valence-corrected chi connectivity index (χ2v) is 10.7. The van der Waals surface area contributed by atoms with Crippen molar-refractivity contribution < 1.29 is 18.0 Å². The Balaban J connectivity index is 1.38. The number of nitrogens with two attached hydrogens (primary N) is 1. The number of carbonyl (C=O) groups is 2. The van der Waals surface area contributed by atoms with Gasteiger partial charge in [-0.1, -0.05) is 0 Å². The number of hydrogen-bond acceptors (Lipinski definition) is 5. The third kappa shape index (κ3) is 4.09. The minimum Gasteiger partial charge on any atom is -0.351 e. The van der Waals surface area contributed by atoms with Gasteiger partial charge in [0.15, 0.2) is 5.11 Å². The van der Waals surface area contributed by atoms with Gasteiger partial charge in [0, 0.05) is 5.69 Å². The van der Waals surface area contributed by atoms with Gasteiger partial charge in [0.05, 0.1) is 10.3 Å². The Labute approximate surface area is 175 Å². The lowest BCUT2D eigenvalue weighted by molar-refractivity contribution is -0.144. The number of sulfonamides is 1. The maximum atomic E-state index is 13.0. The SMILES string of the molecule is NC(=O)NS(=O)(=O)c1ccc(NC(=S)NC(=O)C23CC4CC(CC(C4)C2)C3)cc1. The van der Waals surface area contributed by atoms with Gasteiger partial charge in [0.1, 0.15) is 0 Å². The van der Waals surface area contributed by atoms with Crippen LogP contribution in [0.4, 0.5) is 10.5 Å². The van der Waals surface area contributed by atoms with Crippen LogP contribution < -0.4 is 21.1 Å². The molecular formula is C19H24N4O4S2. The third-order valence-corrected chi connectivity index (χ3v) is 7.97. The van der Waals surface area contributed by atoms with Crippen molar-refractivity contribution in [1.29, 1.82) is 0 Å². The molecule has 29 heavy (non-hydrogen) atoms. The summed E-state index contributed by atoms with van der Waals surface area (Å²) >= 11 is 5.30. The number of anilines is 1. The van der Waals surface area contributed by atoms with Crippen LogP contribution in [0.2, 0.25) is 0 Å². The highest BCUT2D eigenvalue weighted by molar-refractivity contribution is 7.90. The highest BCUT2D eigenvalue weighted by atomic mass is 32.2. The van der Waals surface area contributed by atoms with Gasteiger partial charge in [-0.2, -0.15) is 0 Å². The number of amides is 3. The lowest BCUT2D eigenvalue weighted by Gasteiger charge is -2.55. The molecule has 8 nitrogen and oxygen atoms in total. The fraction of sp³-hybridized carbons (Fsp3) is 0.526. The highest BCUT2D eigenvalue weighted by Crippen LogP contribution is 2.60. The predicted molar refractivity (Wildman–Crippen MR) is 111 cm³/mol. The van der Waals surface area contributed by atoms with E-state index in [1.54, 1.807) is 4.72 Å². The average molecular weight is 437 g/mol. The second kappa shape index (κ2) is 7.24. The van der Waals surface area contributed by atoms with Gasteiger partial charge in [-0.05, 0) is 92.8 Å². The maximum absolute atomic E-state index is 13.0. The van der Waals surface area contributed by atoms with Crippen LogP contribution in [0.1, 0.15) is 38.5 Å². The zero-order chi connectivity index (χ0) is 20.8. The van der Waals surface area contributed by atoms with E-state index in [9.17, 15) is 18.0 Å². The van der Waals surface area contributed by atoms with E-state index in [1.165, 1.54) is 43.5 Å². The van der Waals surface area contributed by atoms with E-state index in [2.05, 4.69) is 10.6 Å². The maximum Gasteiger partial charge on any atom is 0.326 e. The number of nitrogens with one attached hydrogen (secondary N) is 3. The van der Waals surface area contributed by atoms with Crippen molar-refractivity contribution in [2.75, 3.05) is 5.32 Å². The zero-order valence-electron chi connectivity index (χ0n) is 15.8. The Morgan fingerprint density at radius 3 is 2.00 bits per heavy atom. The summed E-state index contributed by atoms with van der Waals surface area (Å²) in [6.45, 7) is 0. The minimum absolute atomic E-state index is 0.000967. The number of hydrogen-bond donors (Lipinski definition) is 4. The number of carbonyl (C=O) groups excluding carboxylic acids is 2. The van der Waals surface area contributed by atoms with Crippen LogP contribution in [-0.2, 0) is 14.8 Å². The third-order valence-electron chi connectivity index (χ3n) is 6.40. The van der Waals surface area contributed by atoms with E-state index in [-0.39, 0.29) is 21.3 Å². The van der Waals surface area contributed by atoms with Gasteiger partial charge < -0.3 is 16.4 Å². The lowest BCUT2D eigenvalue weighted by Crippen LogP contribution is -2.55. The summed E-state index contributed by atoms with van der Waals surface area (Å²) in [6.07, 6.45) is 6.63. The van der Waals surface area contributed by atoms with E-state index in [0.717, 1.165) is 19.3 Å². The molecular weight excluding hydrogens is 412 g/mol. The smallest absolute Gasteiger partial charge is 0.326 e. The molecule has 3 amide bonds. The fourth-order valence-electron chi connectivity index (χ4n) is 5.70. The summed E-state index contributed by atoms with van der Waals surface area (Å²) in [5.41, 5.74) is 5.10. The minimum atomic E-state index is -4.00. The zero-order valence-corrected chi connectivity index (χ0v) is 17.4. The van der Waals surface area contributed by atoms with Gasteiger partial charge in [0.2, 0.25) is 5.91 Å². The Morgan fingerprint density at radius 1 is 1.00 bits per heavy atom. The lowest BCUT2D eigenvalue weighted by atomic mass is 9.49. The van der Waals surface area contributed by atoms with Crippen molar-refractivity contribution in [3.05, 3.63) is 24.3 Å². The quantitative estimate of drug-likeness (QED) is 0.535. The molecule has 0 radical (unpaired) electrons. The fourth-order valence-corrected chi connectivity index (χ4v) is 6.78. The van der Waals surface area contributed by atoms with Crippen LogP contribution in [0.15, 0.2) is 29.2 Å². The largest absolute Gasteiger partial charge is 0.351 e. The van der Waals surface area contributed by atoms with E-state index in [1.807, 2.05) is 0 Å². The Morgan fingerprint density at radius 2 is 1.52 bits per heavy atom. The van der Waals surface area contributed by atoms with Crippen molar-refractivity contribution in [3.8, 4) is 0 Å². The standard InChI is InChI=1S/C19H24N4O4S2/c20-17(25)23-29(26,27)15-3-1-14(2-4-15)21-18(28)22-16(24)19-8-11-5-12(9-19)7-13(6-11)10-19/h1-4,11-13H,5-10H2,(H3,20,23,25)(H2,21,22,24,28). The van der Waals surface area contributed by atoms with E-state index >= 15 is 0 Å². The highest BCUT2D eigenvalue weighted by Gasteiger charge is 2.54. The molecule has 156 valence electrons. The topological polar surface area (TPSA) is 130 Å². The number of primary amides is 1.